The normalized spacial score (nSPS) is 10.0. The van der Waals surface area contributed by atoms with Crippen molar-refractivity contribution in [3.8, 4) is 5.75 Å². The topological polar surface area (TPSA) is 70.6 Å². The van der Waals surface area contributed by atoms with Gasteiger partial charge in [0.1, 0.15) is 5.75 Å². The number of ether oxygens (including phenoxy) is 1. The molecule has 110 valence electrons. The molecule has 0 aliphatic rings. The van der Waals surface area contributed by atoms with Crippen LogP contribution in [0.5, 0.6) is 5.75 Å². The summed E-state index contributed by atoms with van der Waals surface area (Å²) < 4.78 is 5.10. The zero-order valence-electron chi connectivity index (χ0n) is 11.8. The van der Waals surface area contributed by atoms with Crippen LogP contribution in [0.3, 0.4) is 0 Å². The van der Waals surface area contributed by atoms with E-state index in [0.717, 1.165) is 11.3 Å². The standard InChI is InChI=1S/C16H18N2O3/c1-21-14-7-4-6-13(9-14)18-16(20)10-17-15-8-3-2-5-12(15)11-19/h2-9,17,19H,10-11H2,1H3,(H,18,20). The van der Waals surface area contributed by atoms with E-state index in [1.165, 1.54) is 0 Å². The lowest BCUT2D eigenvalue weighted by Gasteiger charge is -2.11. The van der Waals surface area contributed by atoms with E-state index < -0.39 is 0 Å². The van der Waals surface area contributed by atoms with Crippen molar-refractivity contribution >= 4 is 17.3 Å². The van der Waals surface area contributed by atoms with E-state index >= 15 is 0 Å². The molecule has 0 saturated carbocycles. The number of amides is 1. The highest BCUT2D eigenvalue weighted by Gasteiger charge is 2.05. The molecule has 0 aliphatic heterocycles. The predicted octanol–water partition coefficient (Wildman–Crippen LogP) is 2.24. The van der Waals surface area contributed by atoms with Gasteiger partial charge >= 0.3 is 0 Å². The highest BCUT2D eigenvalue weighted by atomic mass is 16.5. The third-order valence-corrected chi connectivity index (χ3v) is 2.98. The third kappa shape index (κ3) is 4.22. The Hall–Kier alpha value is -2.53. The first kappa shape index (κ1) is 14.9. The van der Waals surface area contributed by atoms with Gasteiger partial charge in [0, 0.05) is 23.0 Å². The lowest BCUT2D eigenvalue weighted by Crippen LogP contribution is -2.22. The number of hydrogen-bond donors (Lipinski definition) is 3. The number of carbonyl (C=O) groups excluding carboxylic acids is 1. The van der Waals surface area contributed by atoms with Crippen molar-refractivity contribution in [1.82, 2.24) is 0 Å². The van der Waals surface area contributed by atoms with Gasteiger partial charge in [0.15, 0.2) is 0 Å². The first-order valence-corrected chi connectivity index (χ1v) is 6.59. The van der Waals surface area contributed by atoms with Crippen LogP contribution in [-0.2, 0) is 11.4 Å². The largest absolute Gasteiger partial charge is 0.497 e. The number of methoxy groups -OCH3 is 1. The maximum Gasteiger partial charge on any atom is 0.243 e. The van der Waals surface area contributed by atoms with Gasteiger partial charge in [-0.15, -0.1) is 0 Å². The number of benzene rings is 2. The molecule has 5 heteroatoms. The molecule has 0 heterocycles. The van der Waals surface area contributed by atoms with Crippen LogP contribution in [0.2, 0.25) is 0 Å². The fourth-order valence-electron chi connectivity index (χ4n) is 1.91. The van der Waals surface area contributed by atoms with E-state index in [1.54, 1.807) is 19.2 Å². The van der Waals surface area contributed by atoms with Crippen molar-refractivity contribution < 1.29 is 14.6 Å². The van der Waals surface area contributed by atoms with Crippen LogP contribution >= 0.6 is 0 Å². The number of rotatable bonds is 6. The number of aliphatic hydroxyl groups excluding tert-OH is 1. The van der Waals surface area contributed by atoms with Crippen molar-refractivity contribution in [2.75, 3.05) is 24.3 Å². The van der Waals surface area contributed by atoms with Crippen LogP contribution in [0, 0.1) is 0 Å². The molecule has 0 aromatic heterocycles. The summed E-state index contributed by atoms with van der Waals surface area (Å²) in [6.45, 7) is 0.0505. The highest BCUT2D eigenvalue weighted by Crippen LogP contribution is 2.17. The van der Waals surface area contributed by atoms with Gasteiger partial charge in [-0.05, 0) is 18.2 Å². The Balaban J connectivity index is 1.92. The van der Waals surface area contributed by atoms with Crippen molar-refractivity contribution in [1.29, 1.82) is 0 Å². The maximum atomic E-state index is 11.9. The first-order chi connectivity index (χ1) is 10.2. The van der Waals surface area contributed by atoms with Gasteiger partial charge in [-0.3, -0.25) is 4.79 Å². The lowest BCUT2D eigenvalue weighted by molar-refractivity contribution is -0.114. The Bertz CT molecular complexity index is 614. The minimum Gasteiger partial charge on any atom is -0.497 e. The number of anilines is 2. The van der Waals surface area contributed by atoms with Gasteiger partial charge in [0.2, 0.25) is 5.91 Å². The van der Waals surface area contributed by atoms with Gasteiger partial charge in [-0.25, -0.2) is 0 Å². The van der Waals surface area contributed by atoms with E-state index in [1.807, 2.05) is 36.4 Å². The van der Waals surface area contributed by atoms with Gasteiger partial charge in [-0.2, -0.15) is 0 Å². The summed E-state index contributed by atoms with van der Waals surface area (Å²) in [6, 6.07) is 14.5. The van der Waals surface area contributed by atoms with E-state index in [9.17, 15) is 9.90 Å². The average molecular weight is 286 g/mol. The zero-order valence-corrected chi connectivity index (χ0v) is 11.8. The Morgan fingerprint density at radius 1 is 1.19 bits per heavy atom. The Labute approximate surface area is 123 Å². The van der Waals surface area contributed by atoms with Crippen LogP contribution in [0.15, 0.2) is 48.5 Å². The van der Waals surface area contributed by atoms with E-state index in [4.69, 9.17) is 4.74 Å². The Kier molecular flexibility index (Phi) is 5.17. The second kappa shape index (κ2) is 7.31. The summed E-state index contributed by atoms with van der Waals surface area (Å²) in [5.74, 6) is 0.516. The molecule has 21 heavy (non-hydrogen) atoms. The molecule has 3 N–H and O–H groups in total. The van der Waals surface area contributed by atoms with Crippen molar-refractivity contribution in [2.24, 2.45) is 0 Å². The number of para-hydroxylation sites is 1. The summed E-state index contributed by atoms with van der Waals surface area (Å²) in [5.41, 5.74) is 2.18. The van der Waals surface area contributed by atoms with Gasteiger partial charge in [-0.1, -0.05) is 24.3 Å². The molecule has 5 nitrogen and oxygen atoms in total. The van der Waals surface area contributed by atoms with Crippen LogP contribution in [0.1, 0.15) is 5.56 Å². The summed E-state index contributed by atoms with van der Waals surface area (Å²) in [4.78, 5) is 11.9. The molecule has 0 aliphatic carbocycles. The molecule has 0 fully saturated rings. The highest BCUT2D eigenvalue weighted by molar-refractivity contribution is 5.94. The minimum absolute atomic E-state index is 0.0688. The molecule has 0 atom stereocenters. The summed E-state index contributed by atoms with van der Waals surface area (Å²) >= 11 is 0. The second-order valence-corrected chi connectivity index (χ2v) is 4.45. The summed E-state index contributed by atoms with van der Waals surface area (Å²) in [6.07, 6.45) is 0. The van der Waals surface area contributed by atoms with Crippen LogP contribution < -0.4 is 15.4 Å². The van der Waals surface area contributed by atoms with Gasteiger partial charge < -0.3 is 20.5 Å². The first-order valence-electron chi connectivity index (χ1n) is 6.59. The second-order valence-electron chi connectivity index (χ2n) is 4.45. The SMILES string of the molecule is COc1cccc(NC(=O)CNc2ccccc2CO)c1. The van der Waals surface area contributed by atoms with Crippen LogP contribution in [0.4, 0.5) is 11.4 Å². The molecule has 1 amide bonds. The van der Waals surface area contributed by atoms with Crippen molar-refractivity contribution in [2.45, 2.75) is 6.61 Å². The predicted molar refractivity (Wildman–Crippen MR) is 82.5 cm³/mol. The monoisotopic (exact) mass is 286 g/mol. The average Bonchev–Trinajstić information content (AvgIpc) is 2.53. The lowest BCUT2D eigenvalue weighted by atomic mass is 10.2. The van der Waals surface area contributed by atoms with E-state index in [-0.39, 0.29) is 19.1 Å². The maximum absolute atomic E-state index is 11.9. The number of hydrogen-bond acceptors (Lipinski definition) is 4. The summed E-state index contributed by atoms with van der Waals surface area (Å²) in [5, 5.41) is 15.0. The fraction of sp³-hybridized carbons (Fsp3) is 0.188. The van der Waals surface area contributed by atoms with Crippen LogP contribution in [0.25, 0.3) is 0 Å². The minimum atomic E-state index is -0.170. The molecule has 2 aromatic rings. The van der Waals surface area contributed by atoms with Crippen molar-refractivity contribution in [3.63, 3.8) is 0 Å². The van der Waals surface area contributed by atoms with E-state index in [0.29, 0.717) is 11.4 Å². The smallest absolute Gasteiger partial charge is 0.243 e. The molecule has 0 spiro atoms. The molecular weight excluding hydrogens is 268 g/mol. The number of nitrogens with one attached hydrogen (secondary N) is 2. The fourth-order valence-corrected chi connectivity index (χ4v) is 1.91. The molecule has 0 unspecified atom stereocenters. The van der Waals surface area contributed by atoms with Crippen molar-refractivity contribution in [3.05, 3.63) is 54.1 Å². The van der Waals surface area contributed by atoms with E-state index in [2.05, 4.69) is 10.6 Å². The molecule has 0 bridgehead atoms. The molecule has 0 radical (unpaired) electrons. The molecule has 2 rings (SSSR count). The quantitative estimate of drug-likeness (QED) is 0.761. The Morgan fingerprint density at radius 2 is 2.00 bits per heavy atom. The molecule has 2 aromatic carbocycles. The Morgan fingerprint density at radius 3 is 2.76 bits per heavy atom. The van der Waals surface area contributed by atoms with Gasteiger partial charge in [0.25, 0.3) is 0 Å². The van der Waals surface area contributed by atoms with Crippen LogP contribution in [-0.4, -0.2) is 24.7 Å². The number of aliphatic hydroxyl groups is 1. The summed E-state index contributed by atoms with van der Waals surface area (Å²) in [7, 11) is 1.58. The zero-order chi connectivity index (χ0) is 15.1. The number of carbonyl (C=O) groups is 1. The molecular formula is C16H18N2O3. The molecule has 0 saturated heterocycles. The van der Waals surface area contributed by atoms with Gasteiger partial charge in [0.05, 0.1) is 20.3 Å². The third-order valence-electron chi connectivity index (χ3n) is 2.98.